The van der Waals surface area contributed by atoms with Crippen LogP contribution in [0, 0.1) is 6.92 Å². The van der Waals surface area contributed by atoms with E-state index < -0.39 is 0 Å². The van der Waals surface area contributed by atoms with Crippen LogP contribution in [0.5, 0.6) is 0 Å². The number of nitrogens with zero attached hydrogens (tertiary/aromatic N) is 3. The fourth-order valence-corrected chi connectivity index (χ4v) is 3.10. The first-order valence-electron chi connectivity index (χ1n) is 7.07. The van der Waals surface area contributed by atoms with Crippen molar-refractivity contribution in [3.63, 3.8) is 0 Å². The van der Waals surface area contributed by atoms with Crippen LogP contribution in [-0.2, 0) is 4.79 Å². The monoisotopic (exact) mass is 260 g/mol. The van der Waals surface area contributed by atoms with Gasteiger partial charge < -0.3 is 0 Å². The third-order valence-corrected chi connectivity index (χ3v) is 4.10. The molecule has 1 unspecified atom stereocenters. The van der Waals surface area contributed by atoms with Gasteiger partial charge in [0.1, 0.15) is 5.92 Å². The summed E-state index contributed by atoms with van der Waals surface area (Å²) < 4.78 is 0. The van der Waals surface area contributed by atoms with Crippen LogP contribution in [-0.4, -0.2) is 32.9 Å². The third kappa shape index (κ3) is 2.17. The molecule has 2 aliphatic rings. The van der Waals surface area contributed by atoms with Gasteiger partial charge in [0, 0.05) is 5.69 Å². The average molecular weight is 260 g/mol. The van der Waals surface area contributed by atoms with Gasteiger partial charge in [0.15, 0.2) is 0 Å². The molecule has 1 N–H and O–H groups in total. The average Bonchev–Trinajstić information content (AvgIpc) is 2.95. The van der Waals surface area contributed by atoms with Crippen molar-refractivity contribution in [3.05, 3.63) is 17.5 Å². The number of aromatic nitrogens is 2. The molecule has 1 saturated carbocycles. The predicted molar refractivity (Wildman–Crippen MR) is 72.9 cm³/mol. The normalized spacial score (nSPS) is 24.9. The van der Waals surface area contributed by atoms with Crippen LogP contribution in [0.3, 0.4) is 0 Å². The molecule has 1 aromatic heterocycles. The van der Waals surface area contributed by atoms with Gasteiger partial charge in [-0.2, -0.15) is 10.2 Å². The lowest BCUT2D eigenvalue weighted by atomic mass is 9.94. The summed E-state index contributed by atoms with van der Waals surface area (Å²) in [4.78, 5) is 12.6. The first-order chi connectivity index (χ1) is 9.16. The van der Waals surface area contributed by atoms with Gasteiger partial charge in [-0.15, -0.1) is 0 Å². The minimum Gasteiger partial charge on any atom is -0.283 e. The Morgan fingerprint density at radius 2 is 2.00 bits per heavy atom. The Hall–Kier alpha value is -1.65. The zero-order valence-corrected chi connectivity index (χ0v) is 11.5. The van der Waals surface area contributed by atoms with E-state index >= 15 is 0 Å². The van der Waals surface area contributed by atoms with Crippen molar-refractivity contribution >= 4 is 11.6 Å². The maximum Gasteiger partial charge on any atom is 0.257 e. The molecule has 102 valence electrons. The summed E-state index contributed by atoms with van der Waals surface area (Å²) in [6.07, 6.45) is 5.84. The maximum absolute atomic E-state index is 12.6. The number of hydrogen-bond donors (Lipinski definition) is 1. The number of carbonyl (C=O) groups excluding carboxylic acids is 1. The molecule has 0 aromatic carbocycles. The molecule has 19 heavy (non-hydrogen) atoms. The van der Waals surface area contributed by atoms with Gasteiger partial charge in [-0.25, -0.2) is 5.01 Å². The van der Waals surface area contributed by atoms with Crippen molar-refractivity contribution < 1.29 is 4.79 Å². The third-order valence-electron chi connectivity index (χ3n) is 4.10. The van der Waals surface area contributed by atoms with E-state index in [9.17, 15) is 4.79 Å². The van der Waals surface area contributed by atoms with Gasteiger partial charge in [0.05, 0.1) is 17.4 Å². The number of H-pyrrole nitrogens is 1. The van der Waals surface area contributed by atoms with E-state index in [2.05, 4.69) is 15.3 Å². The number of aryl methyl sites for hydroxylation is 1. The van der Waals surface area contributed by atoms with Crippen LogP contribution < -0.4 is 0 Å². The highest BCUT2D eigenvalue weighted by Gasteiger charge is 2.39. The zero-order valence-electron chi connectivity index (χ0n) is 11.5. The molecular weight excluding hydrogens is 240 g/mol. The summed E-state index contributed by atoms with van der Waals surface area (Å²) in [5, 5.41) is 13.4. The molecule has 0 saturated heterocycles. The number of carbonyl (C=O) groups is 1. The van der Waals surface area contributed by atoms with Crippen LogP contribution in [0.1, 0.15) is 56.3 Å². The largest absolute Gasteiger partial charge is 0.283 e. The lowest BCUT2D eigenvalue weighted by Gasteiger charge is -2.28. The smallest absolute Gasteiger partial charge is 0.257 e. The predicted octanol–water partition coefficient (Wildman–Crippen LogP) is 2.35. The van der Waals surface area contributed by atoms with Crippen molar-refractivity contribution in [2.75, 3.05) is 0 Å². The van der Waals surface area contributed by atoms with Gasteiger partial charge in [0.2, 0.25) is 0 Å². The summed E-state index contributed by atoms with van der Waals surface area (Å²) in [5.74, 6) is -0.192. The Morgan fingerprint density at radius 1 is 1.26 bits per heavy atom. The van der Waals surface area contributed by atoms with Crippen molar-refractivity contribution in [2.24, 2.45) is 5.10 Å². The summed E-state index contributed by atoms with van der Waals surface area (Å²) in [6, 6.07) is 2.23. The number of aromatic amines is 1. The standard InChI is InChI=1S/C14H20N4O/c1-9-8-12(16-15-9)13-10(2)17-18(14(13)19)11-6-4-3-5-7-11/h8,11,13H,3-7H2,1-2H3,(H,15,16). The molecule has 5 nitrogen and oxygen atoms in total. The number of nitrogens with one attached hydrogen (secondary N) is 1. The van der Waals surface area contributed by atoms with Crippen LogP contribution in [0.2, 0.25) is 0 Å². The first-order valence-corrected chi connectivity index (χ1v) is 7.07. The van der Waals surface area contributed by atoms with E-state index in [1.807, 2.05) is 19.9 Å². The van der Waals surface area contributed by atoms with Crippen LogP contribution in [0.15, 0.2) is 11.2 Å². The molecule has 0 spiro atoms. The zero-order chi connectivity index (χ0) is 13.4. The van der Waals surface area contributed by atoms with E-state index in [1.54, 1.807) is 5.01 Å². The highest BCUT2D eigenvalue weighted by Crippen LogP contribution is 2.31. The second-order valence-corrected chi connectivity index (χ2v) is 5.62. The van der Waals surface area contributed by atoms with Crippen molar-refractivity contribution in [2.45, 2.75) is 57.9 Å². The Bertz CT molecular complexity index is 513. The molecule has 0 bridgehead atoms. The number of hydrogen-bond acceptors (Lipinski definition) is 3. The molecule has 1 atom stereocenters. The minimum absolute atomic E-state index is 0.0934. The lowest BCUT2D eigenvalue weighted by molar-refractivity contribution is -0.132. The lowest BCUT2D eigenvalue weighted by Crippen LogP contribution is -2.36. The Balaban J connectivity index is 1.82. The SMILES string of the molecule is CC1=NN(C2CCCCC2)C(=O)C1c1cc(C)[nH]n1. The van der Waals surface area contributed by atoms with Crippen LogP contribution in [0.25, 0.3) is 0 Å². The van der Waals surface area contributed by atoms with E-state index in [0.717, 1.165) is 29.9 Å². The molecule has 5 heteroatoms. The van der Waals surface area contributed by atoms with E-state index in [1.165, 1.54) is 19.3 Å². The Morgan fingerprint density at radius 3 is 2.63 bits per heavy atom. The molecular formula is C14H20N4O. The van der Waals surface area contributed by atoms with E-state index in [-0.39, 0.29) is 11.8 Å². The molecule has 0 radical (unpaired) electrons. The van der Waals surface area contributed by atoms with Crippen LogP contribution >= 0.6 is 0 Å². The maximum atomic E-state index is 12.6. The Labute approximate surface area is 113 Å². The molecule has 1 aliphatic carbocycles. The number of amides is 1. The fraction of sp³-hybridized carbons (Fsp3) is 0.643. The van der Waals surface area contributed by atoms with Crippen molar-refractivity contribution in [1.82, 2.24) is 15.2 Å². The first kappa shape index (κ1) is 12.4. The molecule has 1 amide bonds. The minimum atomic E-state index is -0.285. The van der Waals surface area contributed by atoms with Crippen LogP contribution in [0.4, 0.5) is 0 Å². The van der Waals surface area contributed by atoms with Gasteiger partial charge in [-0.1, -0.05) is 19.3 Å². The second-order valence-electron chi connectivity index (χ2n) is 5.62. The van der Waals surface area contributed by atoms with Gasteiger partial charge in [-0.3, -0.25) is 9.89 Å². The summed E-state index contributed by atoms with van der Waals surface area (Å²) in [5.41, 5.74) is 2.64. The molecule has 1 fully saturated rings. The van der Waals surface area contributed by atoms with Crippen molar-refractivity contribution in [3.8, 4) is 0 Å². The fourth-order valence-electron chi connectivity index (χ4n) is 3.10. The van der Waals surface area contributed by atoms with Gasteiger partial charge in [0.25, 0.3) is 5.91 Å². The number of hydrazone groups is 1. The molecule has 1 aromatic rings. The Kier molecular flexibility index (Phi) is 3.12. The van der Waals surface area contributed by atoms with Crippen molar-refractivity contribution in [1.29, 1.82) is 0 Å². The quantitative estimate of drug-likeness (QED) is 0.887. The molecule has 2 heterocycles. The second kappa shape index (κ2) is 4.79. The summed E-state index contributed by atoms with van der Waals surface area (Å²) in [7, 11) is 0. The summed E-state index contributed by atoms with van der Waals surface area (Å²) >= 11 is 0. The van der Waals surface area contributed by atoms with Gasteiger partial charge >= 0.3 is 0 Å². The van der Waals surface area contributed by atoms with E-state index in [4.69, 9.17) is 0 Å². The highest BCUT2D eigenvalue weighted by molar-refractivity contribution is 6.11. The topological polar surface area (TPSA) is 61.4 Å². The van der Waals surface area contributed by atoms with Gasteiger partial charge in [-0.05, 0) is 32.8 Å². The highest BCUT2D eigenvalue weighted by atomic mass is 16.2. The molecule has 3 rings (SSSR count). The molecule has 1 aliphatic heterocycles. The summed E-state index contributed by atoms with van der Waals surface area (Å²) in [6.45, 7) is 3.87. The van der Waals surface area contributed by atoms with E-state index in [0.29, 0.717) is 6.04 Å². The number of rotatable bonds is 2.